The minimum atomic E-state index is 0.484. The highest BCUT2D eigenvalue weighted by molar-refractivity contribution is 5.79. The Balaban J connectivity index is 1.93. The lowest BCUT2D eigenvalue weighted by Crippen LogP contribution is -2.52. The predicted octanol–water partition coefficient (Wildman–Crippen LogP) is 2.16. The van der Waals surface area contributed by atoms with Gasteiger partial charge in [-0.15, -0.1) is 0 Å². The van der Waals surface area contributed by atoms with Gasteiger partial charge in [-0.05, 0) is 38.1 Å². The van der Waals surface area contributed by atoms with Crippen molar-refractivity contribution in [2.24, 2.45) is 10.9 Å². The molecule has 0 saturated carbocycles. The molecule has 1 aromatic rings. The van der Waals surface area contributed by atoms with Crippen LogP contribution in [0.4, 0.5) is 0 Å². The predicted molar refractivity (Wildman–Crippen MR) is 118 cm³/mol. The van der Waals surface area contributed by atoms with E-state index in [1.165, 1.54) is 11.1 Å². The van der Waals surface area contributed by atoms with Crippen molar-refractivity contribution in [1.29, 1.82) is 0 Å². The molecule has 1 fully saturated rings. The van der Waals surface area contributed by atoms with Gasteiger partial charge in [-0.25, -0.2) is 4.99 Å². The molecule has 1 aliphatic rings. The molecule has 0 aliphatic carbocycles. The van der Waals surface area contributed by atoms with Gasteiger partial charge in [0.2, 0.25) is 0 Å². The first-order valence-electron chi connectivity index (χ1n) is 10.6. The van der Waals surface area contributed by atoms with Crippen molar-refractivity contribution in [2.75, 3.05) is 53.5 Å². The van der Waals surface area contributed by atoms with Crippen LogP contribution in [0.15, 0.2) is 29.3 Å². The van der Waals surface area contributed by atoms with Gasteiger partial charge in [0.1, 0.15) is 0 Å². The van der Waals surface area contributed by atoms with Gasteiger partial charge < -0.3 is 20.3 Å². The number of guanidine groups is 1. The Labute approximate surface area is 171 Å². The van der Waals surface area contributed by atoms with Crippen LogP contribution >= 0.6 is 0 Å². The van der Waals surface area contributed by atoms with E-state index in [1.54, 1.807) is 0 Å². The number of benzene rings is 1. The molecule has 0 bridgehead atoms. The molecule has 6 nitrogen and oxygen atoms in total. The van der Waals surface area contributed by atoms with Gasteiger partial charge in [-0.2, -0.15) is 0 Å². The summed E-state index contributed by atoms with van der Waals surface area (Å²) in [6.45, 7) is 13.8. The highest BCUT2D eigenvalue weighted by Crippen LogP contribution is 2.12. The topological polar surface area (TPSA) is 52.1 Å². The molecule has 0 aromatic heterocycles. The maximum atomic E-state index is 5.51. The summed E-state index contributed by atoms with van der Waals surface area (Å²) in [6, 6.07) is 9.22. The maximum absolute atomic E-state index is 5.51. The normalized spacial score (nSPS) is 17.2. The number of hydrogen-bond donors (Lipinski definition) is 2. The van der Waals surface area contributed by atoms with E-state index in [0.29, 0.717) is 18.5 Å². The molecule has 1 aliphatic heterocycles. The highest BCUT2D eigenvalue weighted by atomic mass is 16.5. The standard InChI is InChI=1S/C22H39N5O/c1-6-23-22(24-15-19-7-9-20(10-8-19)17-26(4)5)25-16-21(18(2)3)27-11-13-28-14-12-27/h7-10,18,21H,6,11-17H2,1-5H3,(H2,23,24,25). The van der Waals surface area contributed by atoms with Crippen molar-refractivity contribution in [1.82, 2.24) is 20.4 Å². The van der Waals surface area contributed by atoms with E-state index in [2.05, 4.69) is 79.6 Å². The Morgan fingerprint density at radius 1 is 1.11 bits per heavy atom. The molecule has 1 aromatic carbocycles. The van der Waals surface area contributed by atoms with Gasteiger partial charge in [0.25, 0.3) is 0 Å². The van der Waals surface area contributed by atoms with Gasteiger partial charge in [0.05, 0.1) is 19.8 Å². The van der Waals surface area contributed by atoms with Crippen LogP contribution in [0.3, 0.4) is 0 Å². The van der Waals surface area contributed by atoms with E-state index in [9.17, 15) is 0 Å². The summed E-state index contributed by atoms with van der Waals surface area (Å²) in [6.07, 6.45) is 0. The summed E-state index contributed by atoms with van der Waals surface area (Å²) < 4.78 is 5.51. The number of ether oxygens (including phenoxy) is 1. The van der Waals surface area contributed by atoms with E-state index in [0.717, 1.165) is 51.9 Å². The molecular formula is C22H39N5O. The van der Waals surface area contributed by atoms with Crippen molar-refractivity contribution >= 4 is 5.96 Å². The van der Waals surface area contributed by atoms with Crippen molar-refractivity contribution in [3.63, 3.8) is 0 Å². The van der Waals surface area contributed by atoms with Crippen LogP contribution in [0.25, 0.3) is 0 Å². The van der Waals surface area contributed by atoms with Gasteiger partial charge >= 0.3 is 0 Å². The van der Waals surface area contributed by atoms with Crippen molar-refractivity contribution in [2.45, 2.75) is 39.9 Å². The molecule has 0 amide bonds. The van der Waals surface area contributed by atoms with Gasteiger partial charge in [0.15, 0.2) is 5.96 Å². The van der Waals surface area contributed by atoms with E-state index < -0.39 is 0 Å². The molecule has 2 rings (SSSR count). The first kappa shape index (κ1) is 22.7. The molecule has 1 saturated heterocycles. The number of morpholine rings is 1. The Kier molecular flexibility index (Phi) is 9.75. The minimum Gasteiger partial charge on any atom is -0.379 e. The van der Waals surface area contributed by atoms with E-state index in [4.69, 9.17) is 9.73 Å². The molecule has 2 N–H and O–H groups in total. The smallest absolute Gasteiger partial charge is 0.191 e. The average molecular weight is 390 g/mol. The fourth-order valence-electron chi connectivity index (χ4n) is 3.52. The van der Waals surface area contributed by atoms with Crippen molar-refractivity contribution < 1.29 is 4.74 Å². The van der Waals surface area contributed by atoms with Crippen LogP contribution in [0, 0.1) is 5.92 Å². The van der Waals surface area contributed by atoms with E-state index in [-0.39, 0.29) is 0 Å². The van der Waals surface area contributed by atoms with Gasteiger partial charge in [-0.1, -0.05) is 38.1 Å². The molecule has 1 heterocycles. The Bertz CT molecular complexity index is 579. The second kappa shape index (κ2) is 12.0. The second-order valence-corrected chi connectivity index (χ2v) is 8.09. The molecule has 0 spiro atoms. The highest BCUT2D eigenvalue weighted by Gasteiger charge is 2.23. The number of rotatable bonds is 9. The molecule has 1 unspecified atom stereocenters. The van der Waals surface area contributed by atoms with Crippen molar-refractivity contribution in [3.8, 4) is 0 Å². The third-order valence-corrected chi connectivity index (χ3v) is 5.05. The van der Waals surface area contributed by atoms with Crippen LogP contribution in [0.1, 0.15) is 31.9 Å². The zero-order chi connectivity index (χ0) is 20.4. The lowest BCUT2D eigenvalue weighted by atomic mass is 10.0. The van der Waals surface area contributed by atoms with Crippen LogP contribution in [-0.2, 0) is 17.8 Å². The van der Waals surface area contributed by atoms with E-state index >= 15 is 0 Å². The Hall–Kier alpha value is -1.63. The average Bonchev–Trinajstić information content (AvgIpc) is 2.67. The number of nitrogens with one attached hydrogen (secondary N) is 2. The number of nitrogens with zero attached hydrogens (tertiary/aromatic N) is 3. The van der Waals surface area contributed by atoms with Gasteiger partial charge in [-0.3, -0.25) is 4.90 Å². The molecule has 6 heteroatoms. The lowest BCUT2D eigenvalue weighted by Gasteiger charge is -2.37. The fraction of sp³-hybridized carbons (Fsp3) is 0.682. The SMILES string of the molecule is CCNC(=NCc1ccc(CN(C)C)cc1)NCC(C(C)C)N1CCOCC1. The first-order chi connectivity index (χ1) is 13.5. The molecular weight excluding hydrogens is 350 g/mol. The van der Waals surface area contributed by atoms with Gasteiger partial charge in [0, 0.05) is 38.8 Å². The third-order valence-electron chi connectivity index (χ3n) is 5.05. The summed E-state index contributed by atoms with van der Waals surface area (Å²) >= 11 is 0. The zero-order valence-corrected chi connectivity index (χ0v) is 18.4. The third kappa shape index (κ3) is 7.78. The lowest BCUT2D eigenvalue weighted by molar-refractivity contribution is 0.00752. The van der Waals surface area contributed by atoms with Crippen LogP contribution in [0.5, 0.6) is 0 Å². The summed E-state index contributed by atoms with van der Waals surface area (Å²) in [4.78, 5) is 9.51. The number of aliphatic imine (C=N–C) groups is 1. The summed E-state index contributed by atoms with van der Waals surface area (Å²) in [7, 11) is 4.18. The fourth-order valence-corrected chi connectivity index (χ4v) is 3.52. The summed E-state index contributed by atoms with van der Waals surface area (Å²) in [5.41, 5.74) is 2.56. The first-order valence-corrected chi connectivity index (χ1v) is 10.6. The van der Waals surface area contributed by atoms with Crippen LogP contribution < -0.4 is 10.6 Å². The molecule has 158 valence electrons. The maximum Gasteiger partial charge on any atom is 0.191 e. The monoisotopic (exact) mass is 389 g/mol. The van der Waals surface area contributed by atoms with Crippen LogP contribution in [-0.4, -0.2) is 75.3 Å². The Morgan fingerprint density at radius 2 is 1.75 bits per heavy atom. The molecule has 28 heavy (non-hydrogen) atoms. The second-order valence-electron chi connectivity index (χ2n) is 8.09. The van der Waals surface area contributed by atoms with E-state index in [1.807, 2.05) is 0 Å². The summed E-state index contributed by atoms with van der Waals surface area (Å²) in [5, 5.41) is 6.93. The Morgan fingerprint density at radius 3 is 2.32 bits per heavy atom. The van der Waals surface area contributed by atoms with Crippen LogP contribution in [0.2, 0.25) is 0 Å². The molecule has 1 atom stereocenters. The number of hydrogen-bond acceptors (Lipinski definition) is 4. The molecule has 0 radical (unpaired) electrons. The zero-order valence-electron chi connectivity index (χ0n) is 18.4. The quantitative estimate of drug-likeness (QED) is 0.501. The minimum absolute atomic E-state index is 0.484. The summed E-state index contributed by atoms with van der Waals surface area (Å²) in [5.74, 6) is 1.47. The largest absolute Gasteiger partial charge is 0.379 e. The van der Waals surface area contributed by atoms with Crippen molar-refractivity contribution in [3.05, 3.63) is 35.4 Å².